The number of aliphatic carboxylic acids is 1. The second-order valence-corrected chi connectivity index (χ2v) is 6.15. The summed E-state index contributed by atoms with van der Waals surface area (Å²) in [5, 5.41) is 10.5. The van der Waals surface area contributed by atoms with Crippen molar-refractivity contribution in [2.24, 2.45) is 0 Å². The number of carboxylic acid groups (broad SMARTS) is 1. The monoisotopic (exact) mass is 309 g/mol. The van der Waals surface area contributed by atoms with Crippen molar-refractivity contribution in [1.29, 1.82) is 0 Å². The maximum Gasteiger partial charge on any atom is 0.328 e. The van der Waals surface area contributed by atoms with E-state index >= 15 is 0 Å². The molecule has 0 amide bonds. The summed E-state index contributed by atoms with van der Waals surface area (Å²) < 4.78 is 14.5. The molecule has 0 aliphatic rings. The summed E-state index contributed by atoms with van der Waals surface area (Å²) in [5.41, 5.74) is 2.19. The first kappa shape index (κ1) is 14.7. The van der Waals surface area contributed by atoms with E-state index in [1.165, 1.54) is 12.1 Å². The van der Waals surface area contributed by atoms with Crippen LogP contribution in [-0.4, -0.2) is 16.1 Å². The van der Waals surface area contributed by atoms with Crippen LogP contribution in [0.25, 0.3) is 6.08 Å². The molecule has 104 valence electrons. The first-order valence-corrected chi connectivity index (χ1v) is 7.65. The number of carboxylic acids is 1. The van der Waals surface area contributed by atoms with Crippen molar-refractivity contribution in [3.8, 4) is 0 Å². The standard InChI is InChI=1S/C14H12FNO2S2/c1-9-7-19-14(16-9)20-8-10-2-4-12(15)11(6-10)3-5-13(17)18/h2-7H,8H2,1H3,(H,17,18). The molecule has 0 aliphatic heterocycles. The van der Waals surface area contributed by atoms with Crippen molar-refractivity contribution < 1.29 is 14.3 Å². The van der Waals surface area contributed by atoms with E-state index in [1.807, 2.05) is 12.3 Å². The minimum atomic E-state index is -1.09. The highest BCUT2D eigenvalue weighted by Crippen LogP contribution is 2.26. The van der Waals surface area contributed by atoms with Crippen LogP contribution in [0, 0.1) is 12.7 Å². The fourth-order valence-electron chi connectivity index (χ4n) is 1.52. The van der Waals surface area contributed by atoms with Gasteiger partial charge in [-0.15, -0.1) is 11.3 Å². The van der Waals surface area contributed by atoms with Crippen LogP contribution in [0.1, 0.15) is 16.8 Å². The molecule has 0 atom stereocenters. The lowest BCUT2D eigenvalue weighted by Gasteiger charge is -2.02. The molecule has 3 nitrogen and oxygen atoms in total. The fraction of sp³-hybridized carbons (Fsp3) is 0.143. The van der Waals surface area contributed by atoms with Gasteiger partial charge < -0.3 is 5.11 Å². The minimum Gasteiger partial charge on any atom is -0.478 e. The molecule has 1 aromatic heterocycles. The Labute approximate surface area is 124 Å². The SMILES string of the molecule is Cc1csc(SCc2ccc(F)c(C=CC(=O)O)c2)n1. The highest BCUT2D eigenvalue weighted by Gasteiger charge is 2.04. The summed E-state index contributed by atoms with van der Waals surface area (Å²) in [4.78, 5) is 14.8. The zero-order chi connectivity index (χ0) is 14.5. The number of hydrogen-bond donors (Lipinski definition) is 1. The number of thiazole rings is 1. The van der Waals surface area contributed by atoms with Gasteiger partial charge in [-0.05, 0) is 30.7 Å². The van der Waals surface area contributed by atoms with E-state index in [2.05, 4.69) is 4.98 Å². The van der Waals surface area contributed by atoms with Gasteiger partial charge in [0.05, 0.1) is 0 Å². The summed E-state index contributed by atoms with van der Waals surface area (Å²) in [6.45, 7) is 1.94. The Morgan fingerprint density at radius 2 is 2.35 bits per heavy atom. The molecule has 6 heteroatoms. The van der Waals surface area contributed by atoms with E-state index in [9.17, 15) is 9.18 Å². The van der Waals surface area contributed by atoms with E-state index in [1.54, 1.807) is 35.2 Å². The Bertz CT molecular complexity index is 652. The van der Waals surface area contributed by atoms with E-state index in [-0.39, 0.29) is 5.56 Å². The van der Waals surface area contributed by atoms with Gasteiger partial charge in [0.15, 0.2) is 0 Å². The normalized spacial score (nSPS) is 11.1. The number of thioether (sulfide) groups is 1. The predicted molar refractivity (Wildman–Crippen MR) is 79.5 cm³/mol. The van der Waals surface area contributed by atoms with Crippen LogP contribution >= 0.6 is 23.1 Å². The molecule has 2 rings (SSSR count). The van der Waals surface area contributed by atoms with Crippen molar-refractivity contribution >= 4 is 35.1 Å². The molecular weight excluding hydrogens is 297 g/mol. The molecule has 2 aromatic rings. The molecule has 1 N–H and O–H groups in total. The van der Waals surface area contributed by atoms with Crippen LogP contribution in [-0.2, 0) is 10.5 Å². The van der Waals surface area contributed by atoms with E-state index < -0.39 is 11.8 Å². The average molecular weight is 309 g/mol. The predicted octanol–water partition coefficient (Wildman–Crippen LogP) is 3.98. The third-order valence-corrected chi connectivity index (χ3v) is 4.64. The number of hydrogen-bond acceptors (Lipinski definition) is 4. The lowest BCUT2D eigenvalue weighted by Crippen LogP contribution is -1.90. The number of aromatic nitrogens is 1. The van der Waals surface area contributed by atoms with Gasteiger partial charge in [-0.2, -0.15) is 0 Å². The van der Waals surface area contributed by atoms with Crippen molar-refractivity contribution in [1.82, 2.24) is 4.98 Å². The quantitative estimate of drug-likeness (QED) is 0.670. The number of carbonyl (C=O) groups is 1. The molecule has 1 heterocycles. The van der Waals surface area contributed by atoms with Crippen LogP contribution in [0.3, 0.4) is 0 Å². The molecule has 0 fully saturated rings. The summed E-state index contributed by atoms with van der Waals surface area (Å²) >= 11 is 3.15. The third kappa shape index (κ3) is 4.18. The molecule has 0 unspecified atom stereocenters. The Morgan fingerprint density at radius 3 is 3.00 bits per heavy atom. The second-order valence-electron chi connectivity index (χ2n) is 4.07. The van der Waals surface area contributed by atoms with Crippen molar-refractivity contribution in [3.05, 3.63) is 52.3 Å². The number of benzene rings is 1. The zero-order valence-electron chi connectivity index (χ0n) is 10.7. The lowest BCUT2D eigenvalue weighted by molar-refractivity contribution is -0.131. The maximum atomic E-state index is 13.5. The van der Waals surface area contributed by atoms with Gasteiger partial charge >= 0.3 is 5.97 Å². The lowest BCUT2D eigenvalue weighted by atomic mass is 10.1. The van der Waals surface area contributed by atoms with Gasteiger partial charge in [-0.1, -0.05) is 17.8 Å². The Hall–Kier alpha value is -1.66. The summed E-state index contributed by atoms with van der Waals surface area (Å²) in [5.74, 6) is -0.856. The van der Waals surface area contributed by atoms with Gasteiger partial charge in [0.2, 0.25) is 0 Å². The Morgan fingerprint density at radius 1 is 1.55 bits per heavy atom. The first-order valence-electron chi connectivity index (χ1n) is 5.79. The van der Waals surface area contributed by atoms with Crippen LogP contribution in [0.4, 0.5) is 4.39 Å². The van der Waals surface area contributed by atoms with Crippen LogP contribution in [0.5, 0.6) is 0 Å². The molecular formula is C14H12FNO2S2. The van der Waals surface area contributed by atoms with Gasteiger partial charge in [-0.25, -0.2) is 14.2 Å². The molecule has 20 heavy (non-hydrogen) atoms. The zero-order valence-corrected chi connectivity index (χ0v) is 12.3. The fourth-order valence-corrected chi connectivity index (χ4v) is 3.31. The second kappa shape index (κ2) is 6.67. The van der Waals surface area contributed by atoms with Crippen molar-refractivity contribution in [3.63, 3.8) is 0 Å². The number of aryl methyl sites for hydroxylation is 1. The smallest absolute Gasteiger partial charge is 0.328 e. The molecule has 0 saturated heterocycles. The topological polar surface area (TPSA) is 50.2 Å². The number of nitrogens with zero attached hydrogens (tertiary/aromatic N) is 1. The molecule has 0 spiro atoms. The van der Waals surface area contributed by atoms with Gasteiger partial charge in [0, 0.05) is 28.5 Å². The number of halogens is 1. The van der Waals surface area contributed by atoms with Crippen molar-refractivity contribution in [2.75, 3.05) is 0 Å². The van der Waals surface area contributed by atoms with Crippen LogP contribution < -0.4 is 0 Å². The Kier molecular flexibility index (Phi) is 4.92. The van der Waals surface area contributed by atoms with Gasteiger partial charge in [0.1, 0.15) is 10.2 Å². The maximum absolute atomic E-state index is 13.5. The molecule has 0 aliphatic carbocycles. The van der Waals surface area contributed by atoms with E-state index in [0.717, 1.165) is 21.7 Å². The molecule has 0 saturated carbocycles. The van der Waals surface area contributed by atoms with E-state index in [0.29, 0.717) is 5.75 Å². The number of rotatable bonds is 5. The summed E-state index contributed by atoms with van der Waals surface area (Å²) in [7, 11) is 0. The highest BCUT2D eigenvalue weighted by molar-refractivity contribution is 8.00. The van der Waals surface area contributed by atoms with Gasteiger partial charge in [0.25, 0.3) is 0 Å². The molecule has 0 bridgehead atoms. The summed E-state index contributed by atoms with van der Waals surface area (Å²) in [6.07, 6.45) is 2.19. The largest absolute Gasteiger partial charge is 0.478 e. The molecule has 1 aromatic carbocycles. The molecule has 0 radical (unpaired) electrons. The van der Waals surface area contributed by atoms with Gasteiger partial charge in [-0.3, -0.25) is 0 Å². The van der Waals surface area contributed by atoms with Crippen LogP contribution in [0.2, 0.25) is 0 Å². The highest BCUT2D eigenvalue weighted by atomic mass is 32.2. The average Bonchev–Trinajstić information content (AvgIpc) is 2.82. The van der Waals surface area contributed by atoms with Crippen molar-refractivity contribution in [2.45, 2.75) is 17.0 Å². The third-order valence-electron chi connectivity index (χ3n) is 2.43. The van der Waals surface area contributed by atoms with Crippen LogP contribution in [0.15, 0.2) is 34.0 Å². The Balaban J connectivity index is 2.08. The minimum absolute atomic E-state index is 0.279. The first-order chi connectivity index (χ1) is 9.54. The summed E-state index contributed by atoms with van der Waals surface area (Å²) in [6, 6.07) is 4.70. The van der Waals surface area contributed by atoms with E-state index in [4.69, 9.17) is 5.11 Å².